The smallest absolute Gasteiger partial charge is 0.318 e. The van der Waals surface area contributed by atoms with Gasteiger partial charge < -0.3 is 16.0 Å². The highest BCUT2D eigenvalue weighted by molar-refractivity contribution is 6.31. The number of nitrogens with two attached hydrogens (primary N) is 1. The summed E-state index contributed by atoms with van der Waals surface area (Å²) in [5, 5.41) is 7.88. The lowest BCUT2D eigenvalue weighted by Gasteiger charge is -2.54. The number of amides is 3. The molecular weight excluding hydrogens is 493 g/mol. The first kappa shape index (κ1) is 24.0. The monoisotopic (exact) mass is 521 g/mol. The molecule has 3 saturated carbocycles. The van der Waals surface area contributed by atoms with Crippen molar-refractivity contribution in [2.45, 2.75) is 62.6 Å². The normalized spacial score (nSPS) is 24.5. The number of nitrogens with one attached hydrogen (secondary N) is 1. The molecule has 0 radical (unpaired) electrons. The first-order chi connectivity index (χ1) is 17.8. The molecule has 1 aromatic heterocycles. The molecule has 37 heavy (non-hydrogen) atoms. The zero-order chi connectivity index (χ0) is 25.8. The number of fused-ring (bicyclic) bond motifs is 4. The van der Waals surface area contributed by atoms with Gasteiger partial charge in [0.2, 0.25) is 0 Å². The second kappa shape index (κ2) is 8.87. The van der Waals surface area contributed by atoms with E-state index in [0.717, 1.165) is 38.5 Å². The van der Waals surface area contributed by atoms with Crippen LogP contribution in [0.25, 0.3) is 11.3 Å². The minimum absolute atomic E-state index is 0.0598. The molecule has 0 unspecified atom stereocenters. The zero-order valence-electron chi connectivity index (χ0n) is 20.5. The Bertz CT molecular complexity index is 1360. The van der Waals surface area contributed by atoms with Gasteiger partial charge in [-0.1, -0.05) is 41.9 Å². The van der Waals surface area contributed by atoms with Crippen LogP contribution in [-0.4, -0.2) is 38.7 Å². The Balaban J connectivity index is 1.19. The fourth-order valence-electron chi connectivity index (χ4n) is 6.50. The molecule has 2 aromatic carbocycles. The zero-order valence-corrected chi connectivity index (χ0v) is 21.2. The molecule has 3 N–H and O–H groups in total. The fraction of sp³-hybridized carbons (Fsp3) is 0.393. The van der Waals surface area contributed by atoms with Gasteiger partial charge in [-0.05, 0) is 67.7 Å². The standard InChI is InChI=1S/C28H29ClFN5O2/c29-20-16-18(6-7-21(20)30)24-23(25(31)36)22-17-34(14-15-35(22)33-24)26(37)32-28-11-8-27(9-12-28,10-13-28)19-4-2-1-3-5-19/h1-7,16H,8-15,17H2,(H2,31,36)(H,32,37). The summed E-state index contributed by atoms with van der Waals surface area (Å²) in [6.07, 6.45) is 6.09. The molecule has 7 nitrogen and oxygen atoms in total. The van der Waals surface area contributed by atoms with Crippen LogP contribution in [0, 0.1) is 5.82 Å². The molecule has 0 spiro atoms. The number of primary amides is 1. The summed E-state index contributed by atoms with van der Waals surface area (Å²) in [7, 11) is 0. The van der Waals surface area contributed by atoms with Crippen molar-refractivity contribution in [2.75, 3.05) is 6.54 Å². The van der Waals surface area contributed by atoms with Crippen LogP contribution in [0.4, 0.5) is 9.18 Å². The van der Waals surface area contributed by atoms with Crippen LogP contribution in [0.15, 0.2) is 48.5 Å². The summed E-state index contributed by atoms with van der Waals surface area (Å²) < 4.78 is 15.4. The Labute approximate surface area is 219 Å². The van der Waals surface area contributed by atoms with Gasteiger partial charge in [0, 0.05) is 17.6 Å². The number of rotatable bonds is 4. The predicted octanol–water partition coefficient (Wildman–Crippen LogP) is 5.01. The van der Waals surface area contributed by atoms with E-state index in [1.54, 1.807) is 9.58 Å². The van der Waals surface area contributed by atoms with Crippen LogP contribution >= 0.6 is 11.6 Å². The van der Waals surface area contributed by atoms with E-state index in [1.165, 1.54) is 23.8 Å². The van der Waals surface area contributed by atoms with Crippen molar-refractivity contribution >= 4 is 23.5 Å². The first-order valence-electron chi connectivity index (χ1n) is 12.8. The number of aromatic nitrogens is 2. The molecule has 9 heteroatoms. The molecule has 7 rings (SSSR count). The van der Waals surface area contributed by atoms with Crippen LogP contribution in [0.2, 0.25) is 5.02 Å². The maximum absolute atomic E-state index is 13.7. The van der Waals surface area contributed by atoms with E-state index in [2.05, 4.69) is 40.7 Å². The Morgan fingerprint density at radius 3 is 2.35 bits per heavy atom. The van der Waals surface area contributed by atoms with E-state index in [-0.39, 0.29) is 34.1 Å². The third-order valence-corrected chi connectivity index (χ3v) is 9.00. The Kier molecular flexibility index (Phi) is 5.75. The maximum atomic E-state index is 13.7. The molecule has 3 fully saturated rings. The van der Waals surface area contributed by atoms with Crippen LogP contribution in [0.3, 0.4) is 0 Å². The first-order valence-corrected chi connectivity index (χ1v) is 13.1. The van der Waals surface area contributed by atoms with Gasteiger partial charge in [0.15, 0.2) is 0 Å². The van der Waals surface area contributed by atoms with E-state index in [1.807, 2.05) is 0 Å². The quantitative estimate of drug-likeness (QED) is 0.505. The van der Waals surface area contributed by atoms with Crippen molar-refractivity contribution in [1.82, 2.24) is 20.0 Å². The SMILES string of the molecule is NC(=O)c1c(-c2ccc(F)c(Cl)c2)nn2c1CN(C(=O)NC13CCC(c4ccccc4)(CC1)CC3)CC2. The average Bonchev–Trinajstić information content (AvgIpc) is 3.31. The number of urea groups is 1. The Morgan fingerprint density at radius 2 is 1.70 bits per heavy atom. The number of carbonyl (C=O) groups is 2. The summed E-state index contributed by atoms with van der Waals surface area (Å²) in [5.41, 5.74) is 8.87. The summed E-state index contributed by atoms with van der Waals surface area (Å²) in [6.45, 7) is 1.12. The van der Waals surface area contributed by atoms with Crippen LogP contribution in [0.1, 0.15) is 60.1 Å². The summed E-state index contributed by atoms with van der Waals surface area (Å²) >= 11 is 5.97. The van der Waals surface area contributed by atoms with Gasteiger partial charge in [-0.3, -0.25) is 9.48 Å². The molecular formula is C28H29ClFN5O2. The molecule has 3 amide bonds. The van der Waals surface area contributed by atoms with Crippen molar-refractivity contribution in [3.8, 4) is 11.3 Å². The molecule has 0 atom stereocenters. The lowest BCUT2D eigenvalue weighted by molar-refractivity contribution is 0.0750. The molecule has 0 saturated heterocycles. The summed E-state index contributed by atoms with van der Waals surface area (Å²) in [6, 6.07) is 14.8. The Hall–Kier alpha value is -3.39. The summed E-state index contributed by atoms with van der Waals surface area (Å²) in [4.78, 5) is 27.7. The lowest BCUT2D eigenvalue weighted by atomic mass is 9.55. The number of halogens is 2. The van der Waals surface area contributed by atoms with Crippen molar-refractivity contribution in [3.05, 3.63) is 76.2 Å². The molecule has 3 aromatic rings. The summed E-state index contributed by atoms with van der Waals surface area (Å²) in [5.74, 6) is -1.20. The van der Waals surface area contributed by atoms with E-state index < -0.39 is 11.7 Å². The van der Waals surface area contributed by atoms with Gasteiger partial charge in [-0.25, -0.2) is 9.18 Å². The van der Waals surface area contributed by atoms with Crippen LogP contribution in [-0.2, 0) is 18.5 Å². The van der Waals surface area contributed by atoms with Crippen LogP contribution in [0.5, 0.6) is 0 Å². The van der Waals surface area contributed by atoms with Gasteiger partial charge in [0.25, 0.3) is 5.91 Å². The molecule has 4 aliphatic rings. The molecule has 2 bridgehead atoms. The molecule has 2 heterocycles. The second-order valence-corrected chi connectivity index (χ2v) is 11.1. The van der Waals surface area contributed by atoms with Crippen LogP contribution < -0.4 is 11.1 Å². The molecule has 192 valence electrons. The van der Waals surface area contributed by atoms with E-state index >= 15 is 0 Å². The Morgan fingerprint density at radius 1 is 1.00 bits per heavy atom. The number of hydrogen-bond acceptors (Lipinski definition) is 3. The highest BCUT2D eigenvalue weighted by Gasteiger charge is 2.50. The van der Waals surface area contributed by atoms with Gasteiger partial charge in [-0.2, -0.15) is 5.10 Å². The van der Waals surface area contributed by atoms with Gasteiger partial charge in [-0.15, -0.1) is 0 Å². The van der Waals surface area contributed by atoms with Crippen molar-refractivity contribution in [2.24, 2.45) is 5.73 Å². The fourth-order valence-corrected chi connectivity index (χ4v) is 6.68. The minimum atomic E-state index is -0.644. The van der Waals surface area contributed by atoms with Gasteiger partial charge in [0.1, 0.15) is 11.5 Å². The number of hydrogen-bond donors (Lipinski definition) is 2. The van der Waals surface area contributed by atoms with Crippen molar-refractivity contribution in [3.63, 3.8) is 0 Å². The number of benzene rings is 2. The number of nitrogens with zero attached hydrogens (tertiary/aromatic N) is 3. The third kappa shape index (κ3) is 4.07. The molecule has 3 aliphatic carbocycles. The van der Waals surface area contributed by atoms with Gasteiger partial charge >= 0.3 is 6.03 Å². The highest BCUT2D eigenvalue weighted by Crippen LogP contribution is 2.53. The predicted molar refractivity (Wildman–Crippen MR) is 139 cm³/mol. The number of carbonyl (C=O) groups excluding carboxylic acids is 2. The lowest BCUT2D eigenvalue weighted by Crippen LogP contribution is -2.60. The minimum Gasteiger partial charge on any atom is -0.365 e. The van der Waals surface area contributed by atoms with E-state index in [4.69, 9.17) is 17.3 Å². The maximum Gasteiger partial charge on any atom is 0.318 e. The second-order valence-electron chi connectivity index (χ2n) is 10.7. The highest BCUT2D eigenvalue weighted by atomic mass is 35.5. The third-order valence-electron chi connectivity index (χ3n) is 8.71. The molecule has 1 aliphatic heterocycles. The van der Waals surface area contributed by atoms with E-state index in [9.17, 15) is 14.0 Å². The van der Waals surface area contributed by atoms with Crippen molar-refractivity contribution < 1.29 is 14.0 Å². The van der Waals surface area contributed by atoms with E-state index in [0.29, 0.717) is 30.0 Å². The van der Waals surface area contributed by atoms with Crippen molar-refractivity contribution in [1.29, 1.82) is 0 Å². The van der Waals surface area contributed by atoms with Gasteiger partial charge in [0.05, 0.1) is 29.4 Å². The average molecular weight is 522 g/mol. The topological polar surface area (TPSA) is 93.2 Å². The largest absolute Gasteiger partial charge is 0.365 e.